The molecule has 2 aromatic carbocycles. The monoisotopic (exact) mass is 438 g/mol. The summed E-state index contributed by atoms with van der Waals surface area (Å²) in [7, 11) is 1.59. The lowest BCUT2D eigenvalue weighted by molar-refractivity contribution is 0.102. The Bertz CT molecular complexity index is 1100. The van der Waals surface area contributed by atoms with Crippen molar-refractivity contribution in [1.29, 1.82) is 0 Å². The lowest BCUT2D eigenvalue weighted by Gasteiger charge is -2.12. The largest absolute Gasteiger partial charge is 0.496 e. The summed E-state index contributed by atoms with van der Waals surface area (Å²) in [6.07, 6.45) is 0. The molecule has 0 radical (unpaired) electrons. The lowest BCUT2D eigenvalue weighted by Crippen LogP contribution is -2.28. The number of hydrogen-bond acceptors (Lipinski definition) is 5. The van der Waals surface area contributed by atoms with Gasteiger partial charge in [0.15, 0.2) is 5.13 Å². The maximum Gasteiger partial charge on any atom is 0.321 e. The fourth-order valence-corrected chi connectivity index (χ4v) is 4.23. The van der Waals surface area contributed by atoms with Gasteiger partial charge in [0.05, 0.1) is 12.8 Å². The molecule has 162 valence electrons. The second kappa shape index (κ2) is 9.61. The van der Waals surface area contributed by atoms with Crippen LogP contribution in [0.5, 0.6) is 5.75 Å². The summed E-state index contributed by atoms with van der Waals surface area (Å²) < 4.78 is 5.29. The van der Waals surface area contributed by atoms with Gasteiger partial charge in [0, 0.05) is 17.8 Å². The van der Waals surface area contributed by atoms with Crippen LogP contribution in [-0.4, -0.2) is 24.0 Å². The molecule has 7 nitrogen and oxygen atoms in total. The Morgan fingerprint density at radius 2 is 1.71 bits per heavy atom. The van der Waals surface area contributed by atoms with Gasteiger partial charge in [-0.15, -0.1) is 0 Å². The first-order valence-corrected chi connectivity index (χ1v) is 10.6. The van der Waals surface area contributed by atoms with Gasteiger partial charge in [-0.3, -0.25) is 10.1 Å². The third-order valence-corrected chi connectivity index (χ3v) is 5.84. The predicted molar refractivity (Wildman–Crippen MR) is 124 cm³/mol. The molecular formula is C23H26N4O3S. The summed E-state index contributed by atoms with van der Waals surface area (Å²) in [5.74, 6) is 0.459. The number of para-hydroxylation sites is 1. The first-order valence-electron chi connectivity index (χ1n) is 9.82. The zero-order valence-corrected chi connectivity index (χ0v) is 19.1. The molecule has 1 heterocycles. The van der Waals surface area contributed by atoms with Crippen LogP contribution in [0.2, 0.25) is 0 Å². The molecule has 0 unspecified atom stereocenters. The van der Waals surface area contributed by atoms with Crippen LogP contribution in [0.25, 0.3) is 0 Å². The summed E-state index contributed by atoms with van der Waals surface area (Å²) in [5, 5.41) is 8.81. The number of nitrogens with zero attached hydrogens (tertiary/aromatic N) is 1. The lowest BCUT2D eigenvalue weighted by atomic mass is 10.1. The fraction of sp³-hybridized carbons (Fsp3) is 0.261. The van der Waals surface area contributed by atoms with Gasteiger partial charge in [-0.25, -0.2) is 9.78 Å². The van der Waals surface area contributed by atoms with Gasteiger partial charge in [-0.05, 0) is 44.9 Å². The molecule has 0 atom stereocenters. The Morgan fingerprint density at radius 1 is 1.03 bits per heavy atom. The second-order valence-electron chi connectivity index (χ2n) is 7.28. The number of carbonyl (C=O) groups excluding carboxylic acids is 2. The van der Waals surface area contributed by atoms with E-state index < -0.39 is 6.03 Å². The van der Waals surface area contributed by atoms with Crippen LogP contribution < -0.4 is 20.7 Å². The molecular weight excluding hydrogens is 412 g/mol. The molecule has 8 heteroatoms. The molecule has 3 N–H and O–H groups in total. The van der Waals surface area contributed by atoms with Crippen LogP contribution in [0.1, 0.15) is 37.6 Å². The highest BCUT2D eigenvalue weighted by molar-refractivity contribution is 7.17. The number of hydrogen-bond donors (Lipinski definition) is 3. The second-order valence-corrected chi connectivity index (χ2v) is 8.28. The Morgan fingerprint density at radius 3 is 2.39 bits per heavy atom. The van der Waals surface area contributed by atoms with Gasteiger partial charge in [0.2, 0.25) is 0 Å². The van der Waals surface area contributed by atoms with E-state index in [1.165, 1.54) is 0 Å². The molecule has 0 aliphatic heterocycles. The van der Waals surface area contributed by atoms with Crippen LogP contribution in [0, 0.1) is 27.7 Å². The molecule has 0 bridgehead atoms. The van der Waals surface area contributed by atoms with Gasteiger partial charge in [0.1, 0.15) is 10.6 Å². The molecule has 3 rings (SSSR count). The van der Waals surface area contributed by atoms with Crippen molar-refractivity contribution in [3.05, 3.63) is 69.2 Å². The molecule has 0 spiro atoms. The van der Waals surface area contributed by atoms with E-state index in [0.29, 0.717) is 28.0 Å². The summed E-state index contributed by atoms with van der Waals surface area (Å²) >= 11 is 1.14. The minimum Gasteiger partial charge on any atom is -0.496 e. The number of methoxy groups -OCH3 is 1. The van der Waals surface area contributed by atoms with Crippen molar-refractivity contribution in [2.75, 3.05) is 17.7 Å². The molecule has 1 aromatic heterocycles. The predicted octanol–water partition coefficient (Wildman–Crippen LogP) is 4.96. The highest BCUT2D eigenvalue weighted by atomic mass is 32.1. The number of anilines is 2. The van der Waals surface area contributed by atoms with Crippen molar-refractivity contribution in [3.8, 4) is 5.75 Å². The molecule has 0 saturated carbocycles. The third kappa shape index (κ3) is 5.40. The van der Waals surface area contributed by atoms with Gasteiger partial charge in [0.25, 0.3) is 5.91 Å². The van der Waals surface area contributed by atoms with Gasteiger partial charge in [-0.2, -0.15) is 0 Å². The Balaban J connectivity index is 1.65. The average Bonchev–Trinajstić information content (AvgIpc) is 3.09. The van der Waals surface area contributed by atoms with Crippen molar-refractivity contribution >= 4 is 34.1 Å². The Kier molecular flexibility index (Phi) is 6.91. The van der Waals surface area contributed by atoms with Crippen LogP contribution in [0.3, 0.4) is 0 Å². The number of ether oxygens (including phenoxy) is 1. The van der Waals surface area contributed by atoms with Crippen molar-refractivity contribution in [2.45, 2.75) is 34.2 Å². The number of aryl methyl sites for hydroxylation is 4. The molecule has 31 heavy (non-hydrogen) atoms. The smallest absolute Gasteiger partial charge is 0.321 e. The minimum absolute atomic E-state index is 0.243. The highest BCUT2D eigenvalue weighted by Crippen LogP contribution is 2.27. The van der Waals surface area contributed by atoms with Crippen LogP contribution in [-0.2, 0) is 6.54 Å². The topological polar surface area (TPSA) is 92.3 Å². The van der Waals surface area contributed by atoms with Crippen molar-refractivity contribution in [1.82, 2.24) is 10.3 Å². The standard InChI is InChI=1S/C23H26N4O3S/c1-13-10-14(2)19(15(3)11-13)26-21(28)20-16(4)25-23(31-20)27-22(29)24-12-17-8-6-7-9-18(17)30-5/h6-11H,12H2,1-5H3,(H,26,28)(H2,24,25,27,29). The number of aromatic nitrogens is 1. The number of amides is 3. The summed E-state index contributed by atoms with van der Waals surface area (Å²) in [6.45, 7) is 8.01. The average molecular weight is 439 g/mol. The van der Waals surface area contributed by atoms with E-state index in [9.17, 15) is 9.59 Å². The number of rotatable bonds is 6. The van der Waals surface area contributed by atoms with E-state index in [2.05, 4.69) is 20.9 Å². The zero-order valence-electron chi connectivity index (χ0n) is 18.3. The van der Waals surface area contributed by atoms with E-state index >= 15 is 0 Å². The summed E-state index contributed by atoms with van der Waals surface area (Å²) in [4.78, 5) is 29.9. The van der Waals surface area contributed by atoms with E-state index in [1.807, 2.05) is 57.2 Å². The Labute approximate surface area is 185 Å². The number of carbonyl (C=O) groups is 2. The fourth-order valence-electron chi connectivity index (χ4n) is 3.37. The van der Waals surface area contributed by atoms with E-state index in [1.54, 1.807) is 14.0 Å². The first kappa shape index (κ1) is 22.3. The molecule has 0 saturated heterocycles. The van der Waals surface area contributed by atoms with E-state index in [-0.39, 0.29) is 5.91 Å². The molecule has 0 aliphatic rings. The maximum atomic E-state index is 12.8. The summed E-state index contributed by atoms with van der Waals surface area (Å²) in [5.41, 5.74) is 5.37. The molecule has 0 fully saturated rings. The number of urea groups is 1. The highest BCUT2D eigenvalue weighted by Gasteiger charge is 2.18. The molecule has 0 aliphatic carbocycles. The van der Waals surface area contributed by atoms with E-state index in [4.69, 9.17) is 4.74 Å². The van der Waals surface area contributed by atoms with E-state index in [0.717, 1.165) is 39.3 Å². The van der Waals surface area contributed by atoms with Crippen LogP contribution in [0.15, 0.2) is 36.4 Å². The third-order valence-electron chi connectivity index (χ3n) is 4.77. The van der Waals surface area contributed by atoms with Gasteiger partial charge >= 0.3 is 6.03 Å². The van der Waals surface area contributed by atoms with Crippen molar-refractivity contribution in [2.24, 2.45) is 0 Å². The maximum absolute atomic E-state index is 12.8. The van der Waals surface area contributed by atoms with Crippen LogP contribution in [0.4, 0.5) is 15.6 Å². The number of benzene rings is 2. The quantitative estimate of drug-likeness (QED) is 0.507. The van der Waals surface area contributed by atoms with Crippen molar-refractivity contribution in [3.63, 3.8) is 0 Å². The van der Waals surface area contributed by atoms with Crippen LogP contribution >= 0.6 is 11.3 Å². The number of nitrogens with one attached hydrogen (secondary N) is 3. The molecule has 3 aromatic rings. The Hall–Kier alpha value is -3.39. The van der Waals surface area contributed by atoms with Gasteiger partial charge < -0.3 is 15.4 Å². The zero-order chi connectivity index (χ0) is 22.5. The normalized spacial score (nSPS) is 10.5. The first-order chi connectivity index (χ1) is 14.8. The molecule has 3 amide bonds. The van der Waals surface area contributed by atoms with Gasteiger partial charge in [-0.1, -0.05) is 47.2 Å². The minimum atomic E-state index is -0.406. The van der Waals surface area contributed by atoms with Crippen molar-refractivity contribution < 1.29 is 14.3 Å². The summed E-state index contributed by atoms with van der Waals surface area (Å²) in [6, 6.07) is 11.1. The SMILES string of the molecule is COc1ccccc1CNC(=O)Nc1nc(C)c(C(=O)Nc2c(C)cc(C)cc2C)s1. The number of thiazole rings is 1.